The van der Waals surface area contributed by atoms with E-state index in [9.17, 15) is 9.59 Å². The Balaban J connectivity index is 2.02. The van der Waals surface area contributed by atoms with Crippen LogP contribution in [0, 0.1) is 13.8 Å². The number of aromatic nitrogens is 2. The summed E-state index contributed by atoms with van der Waals surface area (Å²) in [5.41, 5.74) is 7.64. The zero-order chi connectivity index (χ0) is 18.1. The number of amides is 2. The predicted octanol–water partition coefficient (Wildman–Crippen LogP) is 3.01. The van der Waals surface area contributed by atoms with Gasteiger partial charge in [0.2, 0.25) is 11.9 Å². The molecule has 0 saturated heterocycles. The van der Waals surface area contributed by atoms with Crippen LogP contribution in [0.25, 0.3) is 11.0 Å². The lowest BCUT2D eigenvalue weighted by Gasteiger charge is -2.08. The number of hydrogen-bond donors (Lipinski definition) is 2. The molecule has 0 fully saturated rings. The Labute approximate surface area is 144 Å². The average molecular weight is 340 g/mol. The predicted molar refractivity (Wildman–Crippen MR) is 94.7 cm³/mol. The van der Waals surface area contributed by atoms with Gasteiger partial charge < -0.3 is 14.7 Å². The molecule has 0 aliphatic rings. The van der Waals surface area contributed by atoms with Crippen LogP contribution >= 0.6 is 0 Å². The quantitative estimate of drug-likeness (QED) is 0.745. The summed E-state index contributed by atoms with van der Waals surface area (Å²) in [6.45, 7) is 6.27. The first-order valence-corrected chi connectivity index (χ1v) is 8.09. The second-order valence-electron chi connectivity index (χ2n) is 5.94. The van der Waals surface area contributed by atoms with Crippen LogP contribution in [-0.2, 0) is 6.54 Å². The van der Waals surface area contributed by atoms with Crippen molar-refractivity contribution in [2.75, 3.05) is 5.32 Å². The Morgan fingerprint density at radius 2 is 2.04 bits per heavy atom. The van der Waals surface area contributed by atoms with Crippen molar-refractivity contribution < 1.29 is 14.0 Å². The van der Waals surface area contributed by atoms with Crippen molar-refractivity contribution in [2.24, 2.45) is 5.73 Å². The molecule has 7 heteroatoms. The zero-order valence-corrected chi connectivity index (χ0v) is 14.4. The number of carbonyl (C=O) groups excluding carboxylic acids is 2. The van der Waals surface area contributed by atoms with Gasteiger partial charge in [-0.25, -0.2) is 4.98 Å². The molecular weight excluding hydrogens is 320 g/mol. The standard InChI is InChI=1S/C18H20N4O3/c1-4-7-22-15-6-5-12(16(19)23)9-14(15)20-18(22)21-17(24)13-8-10(2)25-11(13)3/h5-6,8-9H,4,7H2,1-3H3,(H2,19,23)(H,20,21,24). The van der Waals surface area contributed by atoms with Crippen molar-refractivity contribution in [3.05, 3.63) is 46.9 Å². The highest BCUT2D eigenvalue weighted by Gasteiger charge is 2.18. The van der Waals surface area contributed by atoms with E-state index in [1.165, 1.54) is 0 Å². The minimum absolute atomic E-state index is 0.280. The van der Waals surface area contributed by atoms with E-state index in [0.717, 1.165) is 11.9 Å². The summed E-state index contributed by atoms with van der Waals surface area (Å²) >= 11 is 0. The third kappa shape index (κ3) is 3.13. The number of rotatable bonds is 5. The third-order valence-corrected chi connectivity index (χ3v) is 3.99. The Hall–Kier alpha value is -3.09. The van der Waals surface area contributed by atoms with Gasteiger partial charge >= 0.3 is 0 Å². The van der Waals surface area contributed by atoms with Gasteiger partial charge in [0.25, 0.3) is 5.91 Å². The van der Waals surface area contributed by atoms with Gasteiger partial charge in [-0.05, 0) is 44.5 Å². The number of fused-ring (bicyclic) bond motifs is 1. The Kier molecular flexibility index (Phi) is 4.31. The molecular formula is C18H20N4O3. The first-order chi connectivity index (χ1) is 11.9. The summed E-state index contributed by atoms with van der Waals surface area (Å²) in [5.74, 6) is 0.876. The number of nitrogens with one attached hydrogen (secondary N) is 1. The van der Waals surface area contributed by atoms with Crippen LogP contribution in [0.5, 0.6) is 0 Å². The van der Waals surface area contributed by atoms with Gasteiger partial charge in [-0.15, -0.1) is 0 Å². The number of benzene rings is 1. The second kappa shape index (κ2) is 6.43. The van der Waals surface area contributed by atoms with Crippen LogP contribution in [0.2, 0.25) is 0 Å². The molecule has 130 valence electrons. The lowest BCUT2D eigenvalue weighted by atomic mass is 10.2. The van der Waals surface area contributed by atoms with Crippen molar-refractivity contribution in [3.8, 4) is 0 Å². The summed E-state index contributed by atoms with van der Waals surface area (Å²) in [6.07, 6.45) is 0.871. The van der Waals surface area contributed by atoms with Gasteiger partial charge in [-0.3, -0.25) is 14.9 Å². The summed E-state index contributed by atoms with van der Waals surface area (Å²) in [5, 5.41) is 2.84. The highest BCUT2D eigenvalue weighted by Crippen LogP contribution is 2.23. The Morgan fingerprint density at radius 1 is 1.28 bits per heavy atom. The van der Waals surface area contributed by atoms with Gasteiger partial charge in [0.1, 0.15) is 11.5 Å². The van der Waals surface area contributed by atoms with Crippen molar-refractivity contribution in [3.63, 3.8) is 0 Å². The molecule has 0 bridgehead atoms. The van der Waals surface area contributed by atoms with Crippen LogP contribution in [0.4, 0.5) is 5.95 Å². The smallest absolute Gasteiger partial charge is 0.261 e. The molecule has 25 heavy (non-hydrogen) atoms. The summed E-state index contributed by atoms with van der Waals surface area (Å²) in [6, 6.07) is 6.78. The molecule has 0 aliphatic heterocycles. The number of nitrogens with zero attached hydrogens (tertiary/aromatic N) is 2. The molecule has 0 saturated carbocycles. The largest absolute Gasteiger partial charge is 0.466 e. The molecule has 0 aliphatic carbocycles. The van der Waals surface area contributed by atoms with Crippen LogP contribution in [0.1, 0.15) is 45.6 Å². The van der Waals surface area contributed by atoms with Crippen molar-refractivity contribution in [2.45, 2.75) is 33.7 Å². The normalized spacial score (nSPS) is 11.0. The molecule has 3 N–H and O–H groups in total. The van der Waals surface area contributed by atoms with Crippen LogP contribution in [-0.4, -0.2) is 21.4 Å². The number of primary amides is 1. The molecule has 1 aromatic carbocycles. The van der Waals surface area contributed by atoms with E-state index >= 15 is 0 Å². The molecule has 2 amide bonds. The molecule has 2 aromatic heterocycles. The van der Waals surface area contributed by atoms with Gasteiger partial charge in [-0.1, -0.05) is 6.92 Å². The van der Waals surface area contributed by atoms with Gasteiger partial charge in [0.15, 0.2) is 0 Å². The van der Waals surface area contributed by atoms with Crippen LogP contribution in [0.15, 0.2) is 28.7 Å². The number of carbonyl (C=O) groups is 2. The van der Waals surface area contributed by atoms with Crippen molar-refractivity contribution >= 4 is 28.8 Å². The summed E-state index contributed by atoms with van der Waals surface area (Å²) in [4.78, 5) is 28.4. The minimum Gasteiger partial charge on any atom is -0.466 e. The molecule has 0 atom stereocenters. The maximum atomic E-state index is 12.6. The number of imidazole rings is 1. The van der Waals surface area contributed by atoms with E-state index in [-0.39, 0.29) is 5.91 Å². The maximum Gasteiger partial charge on any atom is 0.261 e. The Bertz CT molecular complexity index is 968. The average Bonchev–Trinajstić information content (AvgIpc) is 3.07. The van der Waals surface area contributed by atoms with E-state index in [4.69, 9.17) is 10.2 Å². The molecule has 0 radical (unpaired) electrons. The highest BCUT2D eigenvalue weighted by atomic mass is 16.3. The number of hydrogen-bond acceptors (Lipinski definition) is 4. The van der Waals surface area contributed by atoms with E-state index < -0.39 is 5.91 Å². The minimum atomic E-state index is -0.512. The zero-order valence-electron chi connectivity index (χ0n) is 14.4. The number of aryl methyl sites for hydroxylation is 3. The fourth-order valence-electron chi connectivity index (χ4n) is 2.85. The number of nitrogens with two attached hydrogens (primary N) is 1. The number of anilines is 1. The van der Waals surface area contributed by atoms with Crippen LogP contribution in [0.3, 0.4) is 0 Å². The summed E-state index contributed by atoms with van der Waals surface area (Å²) in [7, 11) is 0. The first kappa shape index (κ1) is 16.8. The lowest BCUT2D eigenvalue weighted by molar-refractivity contribution is 0.0997. The Morgan fingerprint density at radius 3 is 2.64 bits per heavy atom. The monoisotopic (exact) mass is 340 g/mol. The van der Waals surface area contributed by atoms with Gasteiger partial charge in [-0.2, -0.15) is 0 Å². The number of furan rings is 1. The van der Waals surface area contributed by atoms with E-state index in [1.54, 1.807) is 38.1 Å². The van der Waals surface area contributed by atoms with Crippen molar-refractivity contribution in [1.82, 2.24) is 9.55 Å². The van der Waals surface area contributed by atoms with Gasteiger partial charge in [0.05, 0.1) is 16.6 Å². The summed E-state index contributed by atoms with van der Waals surface area (Å²) < 4.78 is 7.33. The maximum absolute atomic E-state index is 12.6. The SMILES string of the molecule is CCCn1c(NC(=O)c2cc(C)oc2C)nc2cc(C(N)=O)ccc21. The topological polar surface area (TPSA) is 103 Å². The highest BCUT2D eigenvalue weighted by molar-refractivity contribution is 6.05. The fraction of sp³-hybridized carbons (Fsp3) is 0.278. The van der Waals surface area contributed by atoms with Crippen LogP contribution < -0.4 is 11.1 Å². The molecule has 2 heterocycles. The second-order valence-corrected chi connectivity index (χ2v) is 5.94. The van der Waals surface area contributed by atoms with E-state index in [1.807, 2.05) is 11.5 Å². The fourth-order valence-corrected chi connectivity index (χ4v) is 2.85. The van der Waals surface area contributed by atoms with Gasteiger partial charge in [0, 0.05) is 12.1 Å². The molecule has 7 nitrogen and oxygen atoms in total. The first-order valence-electron chi connectivity index (χ1n) is 8.09. The molecule has 0 spiro atoms. The van der Waals surface area contributed by atoms with Crippen molar-refractivity contribution in [1.29, 1.82) is 0 Å². The lowest BCUT2D eigenvalue weighted by Crippen LogP contribution is -2.16. The molecule has 0 unspecified atom stereocenters. The third-order valence-electron chi connectivity index (χ3n) is 3.99. The molecule has 3 rings (SSSR count). The molecule has 3 aromatic rings. The van der Waals surface area contributed by atoms with E-state index in [2.05, 4.69) is 10.3 Å². The van der Waals surface area contributed by atoms with E-state index in [0.29, 0.717) is 40.7 Å².